The molecule has 0 saturated heterocycles. The average molecular weight is 296 g/mol. The Balaban J connectivity index is 2.96. The maximum absolute atomic E-state index is 13.2. The van der Waals surface area contributed by atoms with Gasteiger partial charge in [0.2, 0.25) is 10.0 Å². The number of benzene rings is 1. The van der Waals surface area contributed by atoms with Crippen LogP contribution in [0.25, 0.3) is 0 Å². The summed E-state index contributed by atoms with van der Waals surface area (Å²) in [7, 11) is -2.04. The third-order valence-electron chi connectivity index (χ3n) is 2.36. The molecule has 0 spiro atoms. The van der Waals surface area contributed by atoms with Gasteiger partial charge in [0.15, 0.2) is 0 Å². The van der Waals surface area contributed by atoms with Gasteiger partial charge >= 0.3 is 0 Å². The lowest BCUT2D eigenvalue weighted by atomic mass is 10.1. The van der Waals surface area contributed by atoms with Crippen molar-refractivity contribution in [3.05, 3.63) is 29.6 Å². The van der Waals surface area contributed by atoms with E-state index in [2.05, 4.69) is 4.72 Å². The highest BCUT2D eigenvalue weighted by atomic mass is 35.5. The number of sulfonamides is 1. The molecule has 0 aromatic heterocycles. The molecule has 0 radical (unpaired) electrons. The number of methoxy groups -OCH3 is 1. The van der Waals surface area contributed by atoms with Crippen molar-refractivity contribution in [2.75, 3.05) is 18.7 Å². The highest BCUT2D eigenvalue weighted by Crippen LogP contribution is 2.26. The lowest BCUT2D eigenvalue weighted by Gasteiger charge is -2.17. The number of halogens is 2. The fourth-order valence-electron chi connectivity index (χ4n) is 1.54. The zero-order valence-corrected chi connectivity index (χ0v) is 11.7. The first-order valence-corrected chi connectivity index (χ1v) is 7.47. The molecule has 18 heavy (non-hydrogen) atoms. The van der Waals surface area contributed by atoms with E-state index in [1.165, 1.54) is 25.3 Å². The molecule has 4 nitrogen and oxygen atoms in total. The molecule has 1 unspecified atom stereocenters. The Kier molecular flexibility index (Phi) is 5.37. The molecular formula is C11H15ClFNO3S. The van der Waals surface area contributed by atoms with E-state index in [0.717, 1.165) is 0 Å². The van der Waals surface area contributed by atoms with Crippen LogP contribution in [-0.4, -0.2) is 27.2 Å². The standard InChI is InChI=1S/C11H15ClFNO3S/c1-8(14-18(15,16)6-5-12)10-7-9(13)3-4-11(10)17-2/h3-4,7-8,14H,5-6H2,1-2H3. The first kappa shape index (κ1) is 15.2. The van der Waals surface area contributed by atoms with E-state index < -0.39 is 21.9 Å². The third kappa shape index (κ3) is 4.12. The van der Waals surface area contributed by atoms with E-state index in [0.29, 0.717) is 11.3 Å². The van der Waals surface area contributed by atoms with Crippen molar-refractivity contribution in [1.82, 2.24) is 4.72 Å². The van der Waals surface area contributed by atoms with E-state index in [4.69, 9.17) is 16.3 Å². The Morgan fingerprint density at radius 1 is 1.50 bits per heavy atom. The Labute approximate surface area is 111 Å². The summed E-state index contributed by atoms with van der Waals surface area (Å²) in [5.41, 5.74) is 0.440. The summed E-state index contributed by atoms with van der Waals surface area (Å²) in [6, 6.07) is 3.36. The molecule has 0 amide bonds. The van der Waals surface area contributed by atoms with Gasteiger partial charge in [0.05, 0.1) is 12.9 Å². The summed E-state index contributed by atoms with van der Waals surface area (Å²) in [6.07, 6.45) is 0. The van der Waals surface area contributed by atoms with Crippen LogP contribution < -0.4 is 9.46 Å². The molecule has 0 bridgehead atoms. The molecule has 0 aliphatic rings. The van der Waals surface area contributed by atoms with Gasteiger partial charge in [0.25, 0.3) is 0 Å². The van der Waals surface area contributed by atoms with Crippen LogP contribution in [0.2, 0.25) is 0 Å². The second-order valence-corrected chi connectivity index (χ2v) is 5.99. The summed E-state index contributed by atoms with van der Waals surface area (Å²) < 4.78 is 43.8. The topological polar surface area (TPSA) is 55.4 Å². The largest absolute Gasteiger partial charge is 0.496 e. The van der Waals surface area contributed by atoms with Gasteiger partial charge in [-0.15, -0.1) is 11.6 Å². The number of ether oxygens (including phenoxy) is 1. The van der Waals surface area contributed by atoms with Gasteiger partial charge in [0, 0.05) is 17.5 Å². The Hall–Kier alpha value is -0.850. The average Bonchev–Trinajstić information content (AvgIpc) is 2.28. The van der Waals surface area contributed by atoms with E-state index in [1.54, 1.807) is 6.92 Å². The first-order chi connectivity index (χ1) is 8.39. The second kappa shape index (κ2) is 6.36. The molecular weight excluding hydrogens is 281 g/mol. The Morgan fingerprint density at radius 3 is 2.72 bits per heavy atom. The van der Waals surface area contributed by atoms with Crippen molar-refractivity contribution < 1.29 is 17.5 Å². The minimum Gasteiger partial charge on any atom is -0.496 e. The normalized spacial score (nSPS) is 13.3. The second-order valence-electron chi connectivity index (χ2n) is 3.73. The van der Waals surface area contributed by atoms with Crippen molar-refractivity contribution in [2.24, 2.45) is 0 Å². The smallest absolute Gasteiger partial charge is 0.213 e. The van der Waals surface area contributed by atoms with Crippen LogP contribution in [0.3, 0.4) is 0 Å². The van der Waals surface area contributed by atoms with Gasteiger partial charge in [-0.2, -0.15) is 0 Å². The maximum atomic E-state index is 13.2. The van der Waals surface area contributed by atoms with Gasteiger partial charge in [-0.05, 0) is 25.1 Å². The third-order valence-corrected chi connectivity index (χ3v) is 4.23. The molecule has 7 heteroatoms. The van der Waals surface area contributed by atoms with Gasteiger partial charge in [-0.25, -0.2) is 17.5 Å². The van der Waals surface area contributed by atoms with Crippen LogP contribution in [0.5, 0.6) is 5.75 Å². The van der Waals surface area contributed by atoms with Crippen molar-refractivity contribution in [3.63, 3.8) is 0 Å². The Bertz CT molecular complexity index is 507. The summed E-state index contributed by atoms with van der Waals surface area (Å²) in [6.45, 7) is 1.61. The minimum absolute atomic E-state index is 0.00232. The number of hydrogen-bond donors (Lipinski definition) is 1. The lowest BCUT2D eigenvalue weighted by Crippen LogP contribution is -2.30. The van der Waals surface area contributed by atoms with Crippen LogP contribution in [0.4, 0.5) is 4.39 Å². The van der Waals surface area contributed by atoms with Crippen LogP contribution in [0.1, 0.15) is 18.5 Å². The fraction of sp³-hybridized carbons (Fsp3) is 0.455. The monoisotopic (exact) mass is 295 g/mol. The Morgan fingerprint density at radius 2 is 2.17 bits per heavy atom. The van der Waals surface area contributed by atoms with Crippen LogP contribution >= 0.6 is 11.6 Å². The zero-order valence-electron chi connectivity index (χ0n) is 10.1. The minimum atomic E-state index is -3.48. The number of rotatable bonds is 6. The number of hydrogen-bond acceptors (Lipinski definition) is 3. The van der Waals surface area contributed by atoms with E-state index in [9.17, 15) is 12.8 Å². The first-order valence-electron chi connectivity index (χ1n) is 5.29. The van der Waals surface area contributed by atoms with E-state index in [1.807, 2.05) is 0 Å². The van der Waals surface area contributed by atoms with Crippen molar-refractivity contribution in [2.45, 2.75) is 13.0 Å². The van der Waals surface area contributed by atoms with Gasteiger partial charge in [0.1, 0.15) is 11.6 Å². The predicted octanol–water partition coefficient (Wildman–Crippen LogP) is 2.05. The molecule has 0 aliphatic heterocycles. The SMILES string of the molecule is COc1ccc(F)cc1C(C)NS(=O)(=O)CCCl. The molecule has 1 aromatic carbocycles. The molecule has 0 aliphatic carbocycles. The van der Waals surface area contributed by atoms with Crippen LogP contribution in [-0.2, 0) is 10.0 Å². The van der Waals surface area contributed by atoms with Crippen LogP contribution in [0.15, 0.2) is 18.2 Å². The zero-order chi connectivity index (χ0) is 13.8. The van der Waals surface area contributed by atoms with Crippen molar-refractivity contribution >= 4 is 21.6 Å². The van der Waals surface area contributed by atoms with Gasteiger partial charge in [-0.1, -0.05) is 0 Å². The summed E-state index contributed by atoms with van der Waals surface area (Å²) in [5, 5.41) is 0. The van der Waals surface area contributed by atoms with Crippen molar-refractivity contribution in [1.29, 1.82) is 0 Å². The fourth-order valence-corrected chi connectivity index (χ4v) is 3.13. The van der Waals surface area contributed by atoms with E-state index in [-0.39, 0.29) is 11.6 Å². The highest BCUT2D eigenvalue weighted by molar-refractivity contribution is 7.89. The van der Waals surface area contributed by atoms with Crippen LogP contribution in [0, 0.1) is 5.82 Å². The quantitative estimate of drug-likeness (QED) is 0.817. The molecule has 1 aromatic rings. The van der Waals surface area contributed by atoms with Gasteiger partial charge < -0.3 is 4.74 Å². The van der Waals surface area contributed by atoms with Crippen molar-refractivity contribution in [3.8, 4) is 5.75 Å². The molecule has 102 valence electrons. The molecule has 1 N–H and O–H groups in total. The lowest BCUT2D eigenvalue weighted by molar-refractivity contribution is 0.403. The van der Waals surface area contributed by atoms with Gasteiger partial charge in [-0.3, -0.25) is 0 Å². The molecule has 1 rings (SSSR count). The molecule has 1 atom stereocenters. The number of alkyl halides is 1. The summed E-state index contributed by atoms with van der Waals surface area (Å²) in [4.78, 5) is 0. The van der Waals surface area contributed by atoms with E-state index >= 15 is 0 Å². The maximum Gasteiger partial charge on any atom is 0.213 e. The molecule has 0 fully saturated rings. The predicted molar refractivity (Wildman–Crippen MR) is 69.0 cm³/mol. The molecule has 0 heterocycles. The summed E-state index contributed by atoms with van der Waals surface area (Å²) >= 11 is 5.40. The summed E-state index contributed by atoms with van der Waals surface area (Å²) in [5.74, 6) is -0.203. The molecule has 0 saturated carbocycles. The highest BCUT2D eigenvalue weighted by Gasteiger charge is 2.18. The number of nitrogens with one attached hydrogen (secondary N) is 1.